The van der Waals surface area contributed by atoms with E-state index in [9.17, 15) is 21.6 Å². The van der Waals surface area contributed by atoms with Crippen molar-refractivity contribution in [1.29, 1.82) is 0 Å². The Labute approximate surface area is 164 Å². The molecule has 0 amide bonds. The van der Waals surface area contributed by atoms with Gasteiger partial charge in [0.15, 0.2) is 0 Å². The van der Waals surface area contributed by atoms with Gasteiger partial charge in [-0.1, -0.05) is 6.07 Å². The normalized spacial score (nSPS) is 12.4. The molecule has 28 heavy (non-hydrogen) atoms. The summed E-state index contributed by atoms with van der Waals surface area (Å²) in [6, 6.07) is 11.2. The average molecular weight is 431 g/mol. The molecule has 1 aromatic carbocycles. The molecule has 5 nitrogen and oxygen atoms in total. The highest BCUT2D eigenvalue weighted by Gasteiger charge is 2.31. The first kappa shape index (κ1) is 20.4. The molecule has 0 atom stereocenters. The van der Waals surface area contributed by atoms with E-state index >= 15 is 0 Å². The van der Waals surface area contributed by atoms with Crippen LogP contribution in [0.2, 0.25) is 0 Å². The van der Waals surface area contributed by atoms with Gasteiger partial charge in [-0.15, -0.1) is 24.5 Å². The molecule has 0 saturated heterocycles. The van der Waals surface area contributed by atoms with Crippen LogP contribution in [-0.4, -0.2) is 25.6 Å². The highest BCUT2D eigenvalue weighted by molar-refractivity contribution is 7.89. The molecule has 0 saturated carbocycles. The molecular formula is C18H16F3NO4S2. The number of benzene rings is 1. The van der Waals surface area contributed by atoms with Crippen LogP contribution in [-0.2, 0) is 23.0 Å². The van der Waals surface area contributed by atoms with Gasteiger partial charge in [-0.2, -0.15) is 4.31 Å². The maximum absolute atomic E-state index is 13.0. The zero-order valence-electron chi connectivity index (χ0n) is 14.4. The van der Waals surface area contributed by atoms with E-state index in [-0.39, 0.29) is 18.0 Å². The SMILES string of the molecule is O=S(=O)(c1ccc(OC(F)(F)F)cc1)N(CCc1cccs1)Cc1ccco1. The van der Waals surface area contributed by atoms with E-state index in [0.717, 1.165) is 29.1 Å². The maximum atomic E-state index is 13.0. The number of alkyl halides is 3. The molecule has 0 aliphatic carbocycles. The molecule has 0 radical (unpaired) electrons. The number of hydrogen-bond acceptors (Lipinski definition) is 5. The predicted molar refractivity (Wildman–Crippen MR) is 97.5 cm³/mol. The van der Waals surface area contributed by atoms with E-state index in [4.69, 9.17) is 4.42 Å². The van der Waals surface area contributed by atoms with Crippen molar-refractivity contribution in [3.8, 4) is 5.75 Å². The first-order valence-electron chi connectivity index (χ1n) is 8.15. The van der Waals surface area contributed by atoms with Crippen molar-refractivity contribution in [3.05, 3.63) is 70.8 Å². The number of rotatable bonds is 8. The third kappa shape index (κ3) is 5.37. The van der Waals surface area contributed by atoms with E-state index in [1.54, 1.807) is 12.1 Å². The third-order valence-corrected chi connectivity index (χ3v) is 6.59. The third-order valence-electron chi connectivity index (χ3n) is 3.80. The van der Waals surface area contributed by atoms with Gasteiger partial charge < -0.3 is 9.15 Å². The maximum Gasteiger partial charge on any atom is 0.573 e. The molecule has 0 N–H and O–H groups in total. The van der Waals surface area contributed by atoms with E-state index in [1.165, 1.54) is 21.9 Å². The zero-order chi connectivity index (χ0) is 20.2. The number of halogens is 3. The van der Waals surface area contributed by atoms with Crippen LogP contribution in [0.1, 0.15) is 10.6 Å². The Balaban J connectivity index is 1.81. The average Bonchev–Trinajstić information content (AvgIpc) is 3.31. The van der Waals surface area contributed by atoms with Crippen LogP contribution in [0, 0.1) is 0 Å². The van der Waals surface area contributed by atoms with Gasteiger partial charge in [0.25, 0.3) is 0 Å². The van der Waals surface area contributed by atoms with Gasteiger partial charge in [0.1, 0.15) is 11.5 Å². The Bertz CT molecular complexity index is 967. The lowest BCUT2D eigenvalue weighted by atomic mass is 10.3. The summed E-state index contributed by atoms with van der Waals surface area (Å²) in [6.45, 7) is 0.214. The Morgan fingerprint density at radius 2 is 1.82 bits per heavy atom. The van der Waals surface area contributed by atoms with Gasteiger partial charge in [-0.05, 0) is 54.3 Å². The molecule has 3 aromatic rings. The quantitative estimate of drug-likeness (QED) is 0.520. The summed E-state index contributed by atoms with van der Waals surface area (Å²) in [5.41, 5.74) is 0. The van der Waals surface area contributed by atoms with E-state index in [1.807, 2.05) is 17.5 Å². The Hall–Kier alpha value is -2.30. The van der Waals surface area contributed by atoms with Crippen molar-refractivity contribution < 1.29 is 30.7 Å². The fourth-order valence-electron chi connectivity index (χ4n) is 2.51. The summed E-state index contributed by atoms with van der Waals surface area (Å²) >= 11 is 1.52. The Kier molecular flexibility index (Phi) is 6.11. The van der Waals surface area contributed by atoms with Crippen LogP contribution in [0.15, 0.2) is 69.5 Å². The van der Waals surface area contributed by atoms with Crippen molar-refractivity contribution in [1.82, 2.24) is 4.31 Å². The van der Waals surface area contributed by atoms with Crippen LogP contribution < -0.4 is 4.74 Å². The van der Waals surface area contributed by atoms with Crippen molar-refractivity contribution in [2.75, 3.05) is 6.54 Å². The molecule has 3 rings (SSSR count). The highest BCUT2D eigenvalue weighted by atomic mass is 32.2. The van der Waals surface area contributed by atoms with Crippen molar-refractivity contribution in [2.24, 2.45) is 0 Å². The van der Waals surface area contributed by atoms with Gasteiger partial charge >= 0.3 is 6.36 Å². The van der Waals surface area contributed by atoms with E-state index in [0.29, 0.717) is 12.2 Å². The van der Waals surface area contributed by atoms with Crippen LogP contribution in [0.25, 0.3) is 0 Å². The largest absolute Gasteiger partial charge is 0.573 e. The zero-order valence-corrected chi connectivity index (χ0v) is 16.1. The van der Waals surface area contributed by atoms with Gasteiger partial charge in [-0.3, -0.25) is 0 Å². The molecule has 150 valence electrons. The van der Waals surface area contributed by atoms with Crippen LogP contribution >= 0.6 is 11.3 Å². The summed E-state index contributed by atoms with van der Waals surface area (Å²) in [5.74, 6) is -0.0191. The molecule has 0 fully saturated rings. The molecule has 0 bridgehead atoms. The molecule has 2 aromatic heterocycles. The number of nitrogens with zero attached hydrogens (tertiary/aromatic N) is 1. The van der Waals surface area contributed by atoms with Gasteiger partial charge in [0, 0.05) is 11.4 Å². The first-order chi connectivity index (χ1) is 13.2. The second-order valence-corrected chi connectivity index (χ2v) is 8.74. The molecule has 0 spiro atoms. The second kappa shape index (κ2) is 8.38. The lowest BCUT2D eigenvalue weighted by Gasteiger charge is -2.21. The lowest BCUT2D eigenvalue weighted by molar-refractivity contribution is -0.274. The monoisotopic (exact) mass is 431 g/mol. The number of thiophene rings is 1. The topological polar surface area (TPSA) is 59.8 Å². The minimum absolute atomic E-state index is 0.0154. The molecule has 0 aliphatic heterocycles. The standard InChI is InChI=1S/C18H16F3NO4S2/c19-18(20,21)26-14-5-7-17(8-6-14)28(23,24)22(13-15-3-1-11-25-15)10-9-16-4-2-12-27-16/h1-8,11-12H,9-10,13H2. The van der Waals surface area contributed by atoms with Crippen molar-refractivity contribution in [2.45, 2.75) is 24.2 Å². The molecule has 2 heterocycles. The van der Waals surface area contributed by atoms with Crippen LogP contribution in [0.3, 0.4) is 0 Å². The summed E-state index contributed by atoms with van der Waals surface area (Å²) in [5, 5.41) is 1.90. The van der Waals surface area contributed by atoms with E-state index in [2.05, 4.69) is 4.74 Å². The van der Waals surface area contributed by atoms with Gasteiger partial charge in [-0.25, -0.2) is 8.42 Å². The van der Waals surface area contributed by atoms with Gasteiger partial charge in [0.2, 0.25) is 10.0 Å². The summed E-state index contributed by atoms with van der Waals surface area (Å²) in [4.78, 5) is 0.897. The fraction of sp³-hybridized carbons (Fsp3) is 0.222. The van der Waals surface area contributed by atoms with E-state index < -0.39 is 22.1 Å². The second-order valence-electron chi connectivity index (χ2n) is 5.77. The van der Waals surface area contributed by atoms with Crippen molar-refractivity contribution >= 4 is 21.4 Å². The summed E-state index contributed by atoms with van der Waals surface area (Å²) in [7, 11) is -3.95. The first-order valence-corrected chi connectivity index (χ1v) is 10.5. The minimum atomic E-state index is -4.84. The Morgan fingerprint density at radius 1 is 1.07 bits per heavy atom. The van der Waals surface area contributed by atoms with Crippen molar-refractivity contribution in [3.63, 3.8) is 0 Å². The number of hydrogen-bond donors (Lipinski definition) is 0. The van der Waals surface area contributed by atoms with Gasteiger partial charge in [0.05, 0.1) is 17.7 Å². The molecule has 10 heteroatoms. The fourth-order valence-corrected chi connectivity index (χ4v) is 4.62. The van der Waals surface area contributed by atoms with Crippen LogP contribution in [0.5, 0.6) is 5.75 Å². The molecular weight excluding hydrogens is 415 g/mol. The smallest absolute Gasteiger partial charge is 0.468 e. The predicted octanol–water partition coefficient (Wildman–Crippen LogP) is 4.67. The molecule has 0 unspecified atom stereocenters. The molecule has 0 aliphatic rings. The minimum Gasteiger partial charge on any atom is -0.468 e. The number of furan rings is 1. The lowest BCUT2D eigenvalue weighted by Crippen LogP contribution is -2.32. The summed E-state index contributed by atoms with van der Waals surface area (Å²) < 4.78 is 73.2. The number of sulfonamides is 1. The van der Waals surface area contributed by atoms with Crippen LogP contribution in [0.4, 0.5) is 13.2 Å². The summed E-state index contributed by atoms with van der Waals surface area (Å²) in [6.07, 6.45) is -2.89. The highest BCUT2D eigenvalue weighted by Crippen LogP contribution is 2.26. The Morgan fingerprint density at radius 3 is 2.39 bits per heavy atom. The number of ether oxygens (including phenoxy) is 1.